The monoisotopic (exact) mass is 472 g/mol. The maximum atomic E-state index is 10.7. The Labute approximate surface area is 199 Å². The van der Waals surface area contributed by atoms with Gasteiger partial charge in [-0.15, -0.1) is 17.5 Å². The Balaban J connectivity index is 0.00000289. The van der Waals surface area contributed by atoms with Crippen LogP contribution >= 0.6 is 24.0 Å². The smallest absolute Gasteiger partial charge is 0.156 e. The van der Waals surface area contributed by atoms with Gasteiger partial charge in [0.1, 0.15) is 5.75 Å². The average Bonchev–Trinajstić information content (AvgIpc) is 3.22. The van der Waals surface area contributed by atoms with Gasteiger partial charge in [0.2, 0.25) is 0 Å². The molecule has 1 aromatic heterocycles. The molecule has 4 rings (SSSR count). The molecule has 3 aromatic rings. The number of fused-ring (bicyclic) bond motifs is 1. The number of halogens is 2. The highest BCUT2D eigenvalue weighted by molar-refractivity contribution is 6.32. The quantitative estimate of drug-likeness (QED) is 0.475. The molecule has 0 aliphatic heterocycles. The highest BCUT2D eigenvalue weighted by Gasteiger charge is 2.31. The van der Waals surface area contributed by atoms with E-state index in [1.165, 1.54) is 0 Å². The summed E-state index contributed by atoms with van der Waals surface area (Å²) in [7, 11) is 1.58. The molecule has 0 atom stereocenters. The van der Waals surface area contributed by atoms with Crippen molar-refractivity contribution in [2.45, 2.75) is 50.7 Å². The molecule has 0 spiro atoms. The summed E-state index contributed by atoms with van der Waals surface area (Å²) in [6.45, 7) is 0.503. The van der Waals surface area contributed by atoms with Crippen molar-refractivity contribution in [3.05, 3.63) is 58.2 Å². The van der Waals surface area contributed by atoms with Crippen molar-refractivity contribution in [1.29, 1.82) is 5.26 Å². The Morgan fingerprint density at radius 2 is 1.94 bits per heavy atom. The average molecular weight is 473 g/mol. The van der Waals surface area contributed by atoms with E-state index in [-0.39, 0.29) is 12.4 Å². The molecule has 1 aliphatic rings. The number of rotatable bonds is 7. The predicted molar refractivity (Wildman–Crippen MR) is 129 cm³/mol. The Morgan fingerprint density at radius 3 is 2.62 bits per heavy atom. The molecule has 0 saturated heterocycles. The Hall–Kier alpha value is -2.59. The van der Waals surface area contributed by atoms with Crippen LogP contribution in [0.15, 0.2) is 36.4 Å². The van der Waals surface area contributed by atoms with Crippen molar-refractivity contribution >= 4 is 40.6 Å². The van der Waals surface area contributed by atoms with Gasteiger partial charge >= 0.3 is 0 Å². The first-order valence-electron chi connectivity index (χ1n) is 10.5. The third kappa shape index (κ3) is 5.24. The standard InChI is InChI=1S/C24H25ClN4O2.ClH/c1-31-22-7-5-17(13-20(22)25)15-27-23-19-12-16(14-26)4-6-18(19)21(28-29-23)8-11-24(30)9-2-3-10-24;/h4-7,12-13,30H,2-3,8-11,15H2,1H3,(H,27,29);1H. The molecule has 168 valence electrons. The van der Waals surface area contributed by atoms with Crippen LogP contribution in [0, 0.1) is 11.3 Å². The molecule has 1 aliphatic carbocycles. The Kier molecular flexibility index (Phi) is 7.78. The molecule has 1 saturated carbocycles. The van der Waals surface area contributed by atoms with Crippen LogP contribution in [0.1, 0.15) is 48.9 Å². The van der Waals surface area contributed by atoms with Gasteiger partial charge in [-0.2, -0.15) is 10.4 Å². The van der Waals surface area contributed by atoms with Crippen molar-refractivity contribution in [2.24, 2.45) is 0 Å². The molecule has 0 bridgehead atoms. The number of aliphatic hydroxyl groups is 1. The SMILES string of the molecule is COc1ccc(CNc2nnc(CCC3(O)CCCC3)c3ccc(C#N)cc23)cc1Cl.Cl. The second-order valence-corrected chi connectivity index (χ2v) is 8.53. The van der Waals surface area contributed by atoms with E-state index in [1.807, 2.05) is 30.3 Å². The summed E-state index contributed by atoms with van der Waals surface area (Å²) in [5.74, 6) is 1.24. The number of benzene rings is 2. The first-order valence-corrected chi connectivity index (χ1v) is 10.9. The second kappa shape index (κ2) is 10.4. The molecule has 0 unspecified atom stereocenters. The van der Waals surface area contributed by atoms with E-state index >= 15 is 0 Å². The van der Waals surface area contributed by atoms with Gasteiger partial charge in [-0.1, -0.05) is 36.6 Å². The van der Waals surface area contributed by atoms with Gasteiger partial charge in [-0.25, -0.2) is 0 Å². The third-order valence-electron chi connectivity index (χ3n) is 6.02. The van der Waals surface area contributed by atoms with Crippen molar-refractivity contribution in [1.82, 2.24) is 10.2 Å². The number of anilines is 1. The normalized spacial score (nSPS) is 14.6. The molecule has 1 heterocycles. The van der Waals surface area contributed by atoms with Crippen molar-refractivity contribution < 1.29 is 9.84 Å². The number of methoxy groups -OCH3 is 1. The number of nitrogens with one attached hydrogen (secondary N) is 1. The van der Waals surface area contributed by atoms with Crippen molar-refractivity contribution in [3.8, 4) is 11.8 Å². The molecule has 8 heteroatoms. The summed E-state index contributed by atoms with van der Waals surface area (Å²) >= 11 is 6.23. The molecule has 32 heavy (non-hydrogen) atoms. The lowest BCUT2D eigenvalue weighted by molar-refractivity contribution is 0.0389. The topological polar surface area (TPSA) is 91.1 Å². The number of aromatic nitrogens is 2. The van der Waals surface area contributed by atoms with E-state index in [2.05, 4.69) is 21.6 Å². The fourth-order valence-corrected chi connectivity index (χ4v) is 4.51. The molecule has 6 nitrogen and oxygen atoms in total. The van der Waals surface area contributed by atoms with Crippen molar-refractivity contribution in [2.75, 3.05) is 12.4 Å². The van der Waals surface area contributed by atoms with Gasteiger partial charge in [0, 0.05) is 17.3 Å². The largest absolute Gasteiger partial charge is 0.495 e. The zero-order valence-electron chi connectivity index (χ0n) is 17.9. The van der Waals surface area contributed by atoms with Crippen LogP contribution < -0.4 is 10.1 Å². The van der Waals surface area contributed by atoms with E-state index < -0.39 is 5.60 Å². The first-order chi connectivity index (χ1) is 15.0. The number of hydrogen-bond acceptors (Lipinski definition) is 6. The molecule has 2 N–H and O–H groups in total. The summed E-state index contributed by atoms with van der Waals surface area (Å²) in [6, 6.07) is 13.4. The predicted octanol–water partition coefficient (Wildman–Crippen LogP) is 5.44. The molecular formula is C24H26Cl2N4O2. The van der Waals surface area contributed by atoms with Gasteiger partial charge in [0.25, 0.3) is 0 Å². The van der Waals surface area contributed by atoms with Gasteiger partial charge < -0.3 is 15.2 Å². The highest BCUT2D eigenvalue weighted by Crippen LogP contribution is 2.34. The number of aryl methyl sites for hydroxylation is 1. The second-order valence-electron chi connectivity index (χ2n) is 8.12. The number of nitrogens with zero attached hydrogens (tertiary/aromatic N) is 3. The minimum Gasteiger partial charge on any atom is -0.495 e. The fourth-order valence-electron chi connectivity index (χ4n) is 4.23. The van der Waals surface area contributed by atoms with E-state index in [0.717, 1.165) is 47.7 Å². The van der Waals surface area contributed by atoms with E-state index in [9.17, 15) is 10.4 Å². The van der Waals surface area contributed by atoms with Gasteiger partial charge in [0.15, 0.2) is 5.82 Å². The van der Waals surface area contributed by atoms with Crippen LogP contribution in [0.25, 0.3) is 10.8 Å². The Morgan fingerprint density at radius 1 is 1.16 bits per heavy atom. The van der Waals surface area contributed by atoms with Crippen LogP contribution in [0.3, 0.4) is 0 Å². The summed E-state index contributed by atoms with van der Waals surface area (Å²) in [4.78, 5) is 0. The molecule has 2 aromatic carbocycles. The summed E-state index contributed by atoms with van der Waals surface area (Å²) in [5, 5.41) is 34.6. The highest BCUT2D eigenvalue weighted by atomic mass is 35.5. The fraction of sp³-hybridized carbons (Fsp3) is 0.375. The van der Waals surface area contributed by atoms with Crippen LogP contribution in [0.4, 0.5) is 5.82 Å². The molecular weight excluding hydrogens is 447 g/mol. The third-order valence-corrected chi connectivity index (χ3v) is 6.32. The maximum absolute atomic E-state index is 10.7. The van der Waals surface area contributed by atoms with Crippen LogP contribution in [-0.4, -0.2) is 28.0 Å². The van der Waals surface area contributed by atoms with Crippen molar-refractivity contribution in [3.63, 3.8) is 0 Å². The minimum absolute atomic E-state index is 0. The Bertz CT molecular complexity index is 1140. The summed E-state index contributed by atoms with van der Waals surface area (Å²) < 4.78 is 5.20. The lowest BCUT2D eigenvalue weighted by Gasteiger charge is -2.22. The zero-order valence-corrected chi connectivity index (χ0v) is 19.5. The molecule has 0 radical (unpaired) electrons. The van der Waals surface area contributed by atoms with Gasteiger partial charge in [-0.3, -0.25) is 0 Å². The maximum Gasteiger partial charge on any atom is 0.156 e. The lowest BCUT2D eigenvalue weighted by Crippen LogP contribution is -2.24. The first kappa shape index (κ1) is 24.1. The minimum atomic E-state index is -0.592. The van der Waals surface area contributed by atoms with Gasteiger partial charge in [-0.05, 0) is 55.5 Å². The van der Waals surface area contributed by atoms with Gasteiger partial charge in [0.05, 0.1) is 35.1 Å². The zero-order chi connectivity index (χ0) is 21.8. The van der Waals surface area contributed by atoms with E-state index in [1.54, 1.807) is 13.2 Å². The number of ether oxygens (including phenoxy) is 1. The van der Waals surface area contributed by atoms with E-state index in [4.69, 9.17) is 16.3 Å². The molecule has 0 amide bonds. The number of hydrogen-bond donors (Lipinski definition) is 2. The van der Waals surface area contributed by atoms with Crippen LogP contribution in [0.2, 0.25) is 5.02 Å². The van der Waals surface area contributed by atoms with Crippen LogP contribution in [0.5, 0.6) is 5.75 Å². The molecule has 1 fully saturated rings. The summed E-state index contributed by atoms with van der Waals surface area (Å²) in [6.07, 6.45) is 5.18. The van der Waals surface area contributed by atoms with E-state index in [0.29, 0.717) is 41.5 Å². The lowest BCUT2D eigenvalue weighted by atomic mass is 9.93. The number of nitriles is 1. The summed E-state index contributed by atoms with van der Waals surface area (Å²) in [5.41, 5.74) is 1.80. The van der Waals surface area contributed by atoms with Crippen LogP contribution in [-0.2, 0) is 13.0 Å².